The number of para-hydroxylation sites is 2. The van der Waals surface area contributed by atoms with Crippen molar-refractivity contribution in [2.24, 2.45) is 0 Å². The Morgan fingerprint density at radius 3 is 1.61 bits per heavy atom. The molecule has 8 aromatic rings. The fraction of sp³-hybridized carbons (Fsp3) is 0.0667. The highest BCUT2D eigenvalue weighted by Gasteiger charge is 2.40. The van der Waals surface area contributed by atoms with Crippen LogP contribution in [0.1, 0.15) is 25.0 Å². The molecule has 0 N–H and O–H groups in total. The molecule has 46 heavy (non-hydrogen) atoms. The highest BCUT2D eigenvalue weighted by Crippen LogP contribution is 2.58. The minimum absolute atomic E-state index is 0.214. The third kappa shape index (κ3) is 3.82. The predicted molar refractivity (Wildman–Crippen MR) is 197 cm³/mol. The summed E-state index contributed by atoms with van der Waals surface area (Å²) in [5, 5.41) is 7.85. The summed E-state index contributed by atoms with van der Waals surface area (Å²) < 4.78 is 0. The Bertz CT molecular complexity index is 2440. The largest absolute Gasteiger partial charge is 0.309 e. The monoisotopic (exact) mass is 587 g/mol. The zero-order valence-corrected chi connectivity index (χ0v) is 26.0. The maximum atomic E-state index is 2.50. The Morgan fingerprint density at radius 1 is 0.413 bits per heavy atom. The van der Waals surface area contributed by atoms with Gasteiger partial charge < -0.3 is 4.90 Å². The van der Waals surface area contributed by atoms with E-state index in [2.05, 4.69) is 183 Å². The van der Waals surface area contributed by atoms with Gasteiger partial charge in [0.1, 0.15) is 0 Å². The Balaban J connectivity index is 1.41. The van der Waals surface area contributed by atoms with Crippen LogP contribution in [0, 0.1) is 0 Å². The fourth-order valence-electron chi connectivity index (χ4n) is 8.00. The van der Waals surface area contributed by atoms with Gasteiger partial charge in [0.05, 0.1) is 11.4 Å². The van der Waals surface area contributed by atoms with Crippen molar-refractivity contribution in [1.29, 1.82) is 0 Å². The molecular weight excluding hydrogens is 555 g/mol. The molecule has 0 fully saturated rings. The number of anilines is 3. The number of fused-ring (bicyclic) bond motifs is 10. The standard InChI is InChI=1S/C45H33N/c1-45(2)39-29-41(46(31-19-7-4-8-20-31)40-28-16-15-21-32(40)30-17-5-3-6-18-30)35-24-11-13-26-37(35)42(39)43-36-25-12-9-22-33(36)34-23-10-14-27-38(34)44(43)45/h3-29H,1-2H3. The molecule has 218 valence electrons. The maximum Gasteiger partial charge on any atom is 0.0543 e. The fourth-order valence-corrected chi connectivity index (χ4v) is 8.00. The topological polar surface area (TPSA) is 3.24 Å². The van der Waals surface area contributed by atoms with E-state index >= 15 is 0 Å². The summed E-state index contributed by atoms with van der Waals surface area (Å²) in [6, 6.07) is 59.9. The second-order valence-corrected chi connectivity index (χ2v) is 12.9. The molecule has 0 aliphatic heterocycles. The summed E-state index contributed by atoms with van der Waals surface area (Å²) in [6.45, 7) is 4.84. The van der Waals surface area contributed by atoms with Crippen molar-refractivity contribution in [3.05, 3.63) is 175 Å². The average Bonchev–Trinajstić information content (AvgIpc) is 3.36. The van der Waals surface area contributed by atoms with E-state index in [0.29, 0.717) is 0 Å². The summed E-state index contributed by atoms with van der Waals surface area (Å²) in [7, 11) is 0. The van der Waals surface area contributed by atoms with Crippen LogP contribution in [0.5, 0.6) is 0 Å². The molecule has 8 aromatic carbocycles. The first-order valence-corrected chi connectivity index (χ1v) is 16.1. The molecule has 0 unspecified atom stereocenters. The van der Waals surface area contributed by atoms with Gasteiger partial charge >= 0.3 is 0 Å². The molecule has 0 bridgehead atoms. The van der Waals surface area contributed by atoms with Crippen molar-refractivity contribution < 1.29 is 0 Å². The van der Waals surface area contributed by atoms with E-state index in [-0.39, 0.29) is 5.41 Å². The molecule has 0 amide bonds. The van der Waals surface area contributed by atoms with E-state index in [9.17, 15) is 0 Å². The summed E-state index contributed by atoms with van der Waals surface area (Å²) in [4.78, 5) is 2.47. The Hall–Kier alpha value is -5.66. The van der Waals surface area contributed by atoms with Crippen LogP contribution in [0.4, 0.5) is 17.1 Å². The summed E-state index contributed by atoms with van der Waals surface area (Å²) in [5.74, 6) is 0. The van der Waals surface area contributed by atoms with Gasteiger partial charge in [-0.05, 0) is 79.0 Å². The molecule has 0 saturated carbocycles. The third-order valence-electron chi connectivity index (χ3n) is 9.99. The van der Waals surface area contributed by atoms with Crippen LogP contribution in [-0.2, 0) is 5.41 Å². The number of rotatable bonds is 4. The van der Waals surface area contributed by atoms with Gasteiger partial charge in [-0.15, -0.1) is 0 Å². The van der Waals surface area contributed by atoms with Gasteiger partial charge in [0.2, 0.25) is 0 Å². The molecule has 0 radical (unpaired) electrons. The van der Waals surface area contributed by atoms with Crippen molar-refractivity contribution in [2.75, 3.05) is 4.90 Å². The summed E-state index contributed by atoms with van der Waals surface area (Å²) in [6.07, 6.45) is 0. The van der Waals surface area contributed by atoms with Crippen molar-refractivity contribution in [2.45, 2.75) is 19.3 Å². The van der Waals surface area contributed by atoms with Crippen LogP contribution < -0.4 is 4.90 Å². The van der Waals surface area contributed by atoms with Crippen LogP contribution in [0.15, 0.2) is 164 Å². The van der Waals surface area contributed by atoms with E-state index in [1.54, 1.807) is 0 Å². The van der Waals surface area contributed by atoms with Gasteiger partial charge in [-0.25, -0.2) is 0 Å². The molecule has 9 rings (SSSR count). The molecule has 0 atom stereocenters. The third-order valence-corrected chi connectivity index (χ3v) is 9.99. The van der Waals surface area contributed by atoms with Gasteiger partial charge in [-0.2, -0.15) is 0 Å². The van der Waals surface area contributed by atoms with Gasteiger partial charge in [-0.1, -0.05) is 153 Å². The zero-order chi connectivity index (χ0) is 30.8. The van der Waals surface area contributed by atoms with Crippen LogP contribution in [0.25, 0.3) is 54.6 Å². The first-order chi connectivity index (χ1) is 22.6. The maximum absolute atomic E-state index is 2.50. The quantitative estimate of drug-likeness (QED) is 0.185. The van der Waals surface area contributed by atoms with Crippen LogP contribution in [-0.4, -0.2) is 0 Å². The Labute approximate surface area is 270 Å². The molecule has 1 nitrogen and oxygen atoms in total. The van der Waals surface area contributed by atoms with Crippen molar-refractivity contribution in [1.82, 2.24) is 0 Å². The van der Waals surface area contributed by atoms with E-state index in [0.717, 1.165) is 11.4 Å². The number of benzene rings is 8. The molecule has 1 aliphatic rings. The molecule has 0 saturated heterocycles. The van der Waals surface area contributed by atoms with Crippen LogP contribution in [0.3, 0.4) is 0 Å². The predicted octanol–water partition coefficient (Wildman–Crippen LogP) is 12.6. The van der Waals surface area contributed by atoms with Crippen LogP contribution >= 0.6 is 0 Å². The molecular formula is C45H33N. The normalized spacial score (nSPS) is 13.2. The van der Waals surface area contributed by atoms with Crippen molar-refractivity contribution >= 4 is 49.4 Å². The summed E-state index contributed by atoms with van der Waals surface area (Å²) in [5.41, 5.74) is 11.2. The molecule has 1 heteroatoms. The number of hydrogen-bond acceptors (Lipinski definition) is 1. The molecule has 0 aromatic heterocycles. The first-order valence-electron chi connectivity index (χ1n) is 16.1. The lowest BCUT2D eigenvalue weighted by Gasteiger charge is -2.31. The lowest BCUT2D eigenvalue weighted by molar-refractivity contribution is 0.667. The molecule has 0 heterocycles. The van der Waals surface area contributed by atoms with Crippen molar-refractivity contribution in [3.8, 4) is 22.3 Å². The lowest BCUT2D eigenvalue weighted by atomic mass is 9.79. The zero-order valence-electron chi connectivity index (χ0n) is 26.0. The van der Waals surface area contributed by atoms with Gasteiger partial charge in [0.15, 0.2) is 0 Å². The second kappa shape index (κ2) is 10.2. The SMILES string of the molecule is CC1(C)c2cc(N(c3ccccc3)c3ccccc3-c3ccccc3)c3ccccc3c2-c2c1c1ccccc1c1ccccc21. The highest BCUT2D eigenvalue weighted by molar-refractivity contribution is 6.22. The van der Waals surface area contributed by atoms with E-state index in [1.165, 1.54) is 71.4 Å². The Morgan fingerprint density at radius 2 is 0.913 bits per heavy atom. The average molecular weight is 588 g/mol. The number of hydrogen-bond donors (Lipinski definition) is 0. The van der Waals surface area contributed by atoms with Crippen LogP contribution in [0.2, 0.25) is 0 Å². The highest BCUT2D eigenvalue weighted by atomic mass is 15.1. The van der Waals surface area contributed by atoms with E-state index < -0.39 is 0 Å². The second-order valence-electron chi connectivity index (χ2n) is 12.9. The molecule has 0 spiro atoms. The smallest absolute Gasteiger partial charge is 0.0543 e. The van der Waals surface area contributed by atoms with Gasteiger partial charge in [0.25, 0.3) is 0 Å². The van der Waals surface area contributed by atoms with Gasteiger partial charge in [0, 0.05) is 22.1 Å². The minimum Gasteiger partial charge on any atom is -0.309 e. The van der Waals surface area contributed by atoms with E-state index in [1.807, 2.05) is 0 Å². The number of nitrogens with zero attached hydrogens (tertiary/aromatic N) is 1. The summed E-state index contributed by atoms with van der Waals surface area (Å²) >= 11 is 0. The minimum atomic E-state index is -0.214. The lowest BCUT2D eigenvalue weighted by Crippen LogP contribution is -2.17. The molecule has 1 aliphatic carbocycles. The van der Waals surface area contributed by atoms with Crippen molar-refractivity contribution in [3.63, 3.8) is 0 Å². The van der Waals surface area contributed by atoms with E-state index in [4.69, 9.17) is 0 Å². The Kier molecular flexibility index (Phi) is 5.92. The first kappa shape index (κ1) is 26.7. The van der Waals surface area contributed by atoms with Gasteiger partial charge in [-0.3, -0.25) is 0 Å².